The Bertz CT molecular complexity index is 1310. The molecule has 0 unspecified atom stereocenters. The van der Waals surface area contributed by atoms with Crippen LogP contribution in [-0.4, -0.2) is 44.4 Å². The third kappa shape index (κ3) is 6.78. The number of amides is 1. The second-order valence-electron chi connectivity index (χ2n) is 7.95. The van der Waals surface area contributed by atoms with Gasteiger partial charge in [0.05, 0.1) is 24.7 Å². The summed E-state index contributed by atoms with van der Waals surface area (Å²) >= 11 is 8.07. The third-order valence-corrected chi connectivity index (χ3v) is 7.98. The average molecular weight is 530 g/mol. The number of halogens is 1. The van der Waals surface area contributed by atoms with Crippen LogP contribution in [0.4, 0.5) is 5.69 Å². The molecule has 7 nitrogen and oxygen atoms in total. The van der Waals surface area contributed by atoms with E-state index in [4.69, 9.17) is 16.3 Å². The second-order valence-corrected chi connectivity index (χ2v) is 11.3. The summed E-state index contributed by atoms with van der Waals surface area (Å²) in [6.07, 6.45) is 2.96. The lowest BCUT2D eigenvalue weighted by Crippen LogP contribution is -2.30. The normalized spacial score (nSPS) is 13.9. The number of thioether (sulfide) groups is 1. The number of hydrogen-bond acceptors (Lipinski definition) is 6. The van der Waals surface area contributed by atoms with Gasteiger partial charge in [-0.1, -0.05) is 29.8 Å². The van der Waals surface area contributed by atoms with Crippen LogP contribution < -0.4 is 14.5 Å². The number of hydrazone groups is 1. The van der Waals surface area contributed by atoms with Crippen molar-refractivity contribution in [2.24, 2.45) is 5.10 Å². The van der Waals surface area contributed by atoms with Gasteiger partial charge in [-0.3, -0.25) is 9.10 Å². The zero-order valence-corrected chi connectivity index (χ0v) is 21.3. The van der Waals surface area contributed by atoms with Crippen LogP contribution >= 0.6 is 23.4 Å². The number of carbonyl (C=O) groups excluding carboxylic acids is 1. The minimum atomic E-state index is -3.58. The highest BCUT2D eigenvalue weighted by Crippen LogP contribution is 2.25. The summed E-state index contributed by atoms with van der Waals surface area (Å²) in [6, 6.07) is 20.8. The Balaban J connectivity index is 1.38. The van der Waals surface area contributed by atoms with Crippen LogP contribution in [0.2, 0.25) is 5.02 Å². The summed E-state index contributed by atoms with van der Waals surface area (Å²) in [5.41, 5.74) is 4.76. The highest BCUT2D eigenvalue weighted by molar-refractivity contribution is 8.00. The van der Waals surface area contributed by atoms with Crippen molar-refractivity contribution in [1.82, 2.24) is 5.43 Å². The van der Waals surface area contributed by atoms with Gasteiger partial charge in [-0.25, -0.2) is 13.8 Å². The van der Waals surface area contributed by atoms with E-state index in [1.165, 1.54) is 4.31 Å². The first-order valence-corrected chi connectivity index (χ1v) is 14.2. The molecule has 0 aliphatic carbocycles. The molecule has 1 aliphatic heterocycles. The number of ether oxygens (including phenoxy) is 1. The van der Waals surface area contributed by atoms with Gasteiger partial charge in [-0.2, -0.15) is 16.9 Å². The van der Waals surface area contributed by atoms with Gasteiger partial charge in [0.2, 0.25) is 10.0 Å². The number of nitrogens with zero attached hydrogens (tertiary/aromatic N) is 2. The molecule has 3 aromatic rings. The molecule has 1 saturated heterocycles. The quantitative estimate of drug-likeness (QED) is 0.324. The van der Waals surface area contributed by atoms with Crippen LogP contribution in [-0.2, 0) is 16.6 Å². The summed E-state index contributed by atoms with van der Waals surface area (Å²) in [5, 5.41) is 4.49. The van der Waals surface area contributed by atoms with E-state index in [9.17, 15) is 13.2 Å². The predicted molar refractivity (Wildman–Crippen MR) is 142 cm³/mol. The zero-order chi connectivity index (χ0) is 24.8. The van der Waals surface area contributed by atoms with Gasteiger partial charge in [0.25, 0.3) is 5.91 Å². The molecule has 1 fully saturated rings. The Morgan fingerprint density at radius 2 is 1.80 bits per heavy atom. The van der Waals surface area contributed by atoms with E-state index in [0.717, 1.165) is 29.1 Å². The number of carbonyl (C=O) groups is 1. The maximum absolute atomic E-state index is 12.5. The molecule has 10 heteroatoms. The fourth-order valence-corrected chi connectivity index (χ4v) is 4.94. The van der Waals surface area contributed by atoms with Crippen LogP contribution in [0.5, 0.6) is 5.75 Å². The molecule has 0 saturated carbocycles. The summed E-state index contributed by atoms with van der Waals surface area (Å²) in [5.74, 6) is 2.44. The van der Waals surface area contributed by atoms with Gasteiger partial charge in [0.15, 0.2) is 0 Å². The Hall–Kier alpha value is -3.01. The number of nitrogens with one attached hydrogen (secondary N) is 1. The van der Waals surface area contributed by atoms with Crippen molar-refractivity contribution in [3.05, 3.63) is 94.5 Å². The van der Waals surface area contributed by atoms with Gasteiger partial charge in [0.1, 0.15) is 11.9 Å². The maximum Gasteiger partial charge on any atom is 0.271 e. The van der Waals surface area contributed by atoms with Gasteiger partial charge in [0, 0.05) is 22.1 Å². The van der Waals surface area contributed by atoms with Crippen LogP contribution in [0.3, 0.4) is 0 Å². The predicted octanol–water partition coefficient (Wildman–Crippen LogP) is 4.56. The number of sulfonamides is 1. The zero-order valence-electron chi connectivity index (χ0n) is 18.9. The molecule has 1 aliphatic rings. The molecule has 3 aromatic carbocycles. The topological polar surface area (TPSA) is 88.1 Å². The van der Waals surface area contributed by atoms with Crippen molar-refractivity contribution in [2.75, 3.05) is 22.1 Å². The van der Waals surface area contributed by atoms with Gasteiger partial charge >= 0.3 is 0 Å². The highest BCUT2D eigenvalue weighted by atomic mass is 35.5. The molecular formula is C25H24ClN3O4S2. The maximum atomic E-state index is 12.5. The lowest BCUT2D eigenvalue weighted by atomic mass is 10.2. The molecule has 1 amide bonds. The molecular weight excluding hydrogens is 506 g/mol. The molecule has 35 heavy (non-hydrogen) atoms. The fraction of sp³-hybridized carbons (Fsp3) is 0.200. The Morgan fingerprint density at radius 3 is 2.40 bits per heavy atom. The monoisotopic (exact) mass is 529 g/mol. The van der Waals surface area contributed by atoms with Crippen LogP contribution in [0.15, 0.2) is 77.9 Å². The van der Waals surface area contributed by atoms with Gasteiger partial charge in [-0.05, 0) is 65.7 Å². The molecule has 0 atom stereocenters. The van der Waals surface area contributed by atoms with Crippen molar-refractivity contribution in [3.63, 3.8) is 0 Å². The van der Waals surface area contributed by atoms with E-state index in [1.807, 2.05) is 36.0 Å². The minimum absolute atomic E-state index is 0.0811. The van der Waals surface area contributed by atoms with Gasteiger partial charge in [-0.15, -0.1) is 0 Å². The summed E-state index contributed by atoms with van der Waals surface area (Å²) in [7, 11) is -3.58. The van der Waals surface area contributed by atoms with E-state index in [0.29, 0.717) is 21.8 Å². The van der Waals surface area contributed by atoms with Crippen molar-refractivity contribution < 1.29 is 17.9 Å². The molecule has 1 heterocycles. The first kappa shape index (κ1) is 25.1. The summed E-state index contributed by atoms with van der Waals surface area (Å²) in [4.78, 5) is 12.5. The molecule has 0 bridgehead atoms. The van der Waals surface area contributed by atoms with E-state index in [-0.39, 0.29) is 12.6 Å². The largest absolute Gasteiger partial charge is 0.489 e. The summed E-state index contributed by atoms with van der Waals surface area (Å²) in [6.45, 7) is 0.0811. The Kier molecular flexibility index (Phi) is 8.00. The van der Waals surface area contributed by atoms with Crippen LogP contribution in [0, 0.1) is 0 Å². The lowest BCUT2D eigenvalue weighted by molar-refractivity contribution is 0.0955. The van der Waals surface area contributed by atoms with E-state index >= 15 is 0 Å². The highest BCUT2D eigenvalue weighted by Gasteiger charge is 2.20. The first-order valence-electron chi connectivity index (χ1n) is 10.8. The van der Waals surface area contributed by atoms with Crippen molar-refractivity contribution in [1.29, 1.82) is 0 Å². The third-order valence-electron chi connectivity index (χ3n) is 5.26. The van der Waals surface area contributed by atoms with Gasteiger partial charge < -0.3 is 4.74 Å². The van der Waals surface area contributed by atoms with Crippen molar-refractivity contribution in [3.8, 4) is 5.75 Å². The Morgan fingerprint density at radius 1 is 1.11 bits per heavy atom. The number of benzene rings is 3. The molecule has 0 radical (unpaired) electrons. The van der Waals surface area contributed by atoms with Crippen LogP contribution in [0.1, 0.15) is 21.5 Å². The van der Waals surface area contributed by atoms with Crippen molar-refractivity contribution in [2.45, 2.75) is 12.6 Å². The van der Waals surface area contributed by atoms with Crippen molar-refractivity contribution >= 4 is 51.2 Å². The number of hydrogen-bond donors (Lipinski definition) is 1. The molecule has 0 spiro atoms. The number of rotatable bonds is 9. The smallest absolute Gasteiger partial charge is 0.271 e. The standard InChI is InChI=1S/C25H24ClN3O4S2/c1-35(31,32)29(15-20-4-2-3-5-24(20)26)21-10-8-19(9-11-21)25(30)28-27-14-18-6-12-22(13-7-18)33-23-16-34-17-23/h2-14,23H,15-17H2,1H3,(H,28,30)/b27-14-. The summed E-state index contributed by atoms with van der Waals surface area (Å²) < 4.78 is 31.9. The first-order chi connectivity index (χ1) is 16.8. The SMILES string of the molecule is CS(=O)(=O)N(Cc1ccccc1Cl)c1ccc(C(=O)N/N=C\c2ccc(OC3CSC3)cc2)cc1. The molecule has 182 valence electrons. The average Bonchev–Trinajstić information content (AvgIpc) is 2.81. The van der Waals surface area contributed by atoms with E-state index in [1.54, 1.807) is 54.7 Å². The van der Waals surface area contributed by atoms with E-state index in [2.05, 4.69) is 10.5 Å². The fourth-order valence-electron chi connectivity index (χ4n) is 3.30. The van der Waals surface area contributed by atoms with Crippen LogP contribution in [0.25, 0.3) is 0 Å². The minimum Gasteiger partial charge on any atom is -0.489 e. The lowest BCUT2D eigenvalue weighted by Gasteiger charge is -2.25. The number of anilines is 1. The van der Waals surface area contributed by atoms with E-state index < -0.39 is 15.9 Å². The molecule has 1 N–H and O–H groups in total. The molecule has 0 aromatic heterocycles. The second kappa shape index (κ2) is 11.2. The Labute approximate surface area is 214 Å². The molecule has 4 rings (SSSR count).